The molecule has 3 aromatic carbocycles. The standard InChI is InChI=1S/C29H25N3O5/c1-19-7-5-8-20(17-19)18-32-25(28(34)31-22-9-3-2-4-10-22)26(37-29(32)35)21-12-14-23(15-13-21)30-27(33)24-11-6-16-36-24/h2-17,25-26H,18H2,1H3,(H,30,33)(H,31,34). The van der Waals surface area contributed by atoms with Crippen LogP contribution in [0.25, 0.3) is 0 Å². The van der Waals surface area contributed by atoms with E-state index in [9.17, 15) is 14.4 Å². The Bertz CT molecular complexity index is 1400. The number of carbonyl (C=O) groups excluding carboxylic acids is 3. The fraction of sp³-hybridized carbons (Fsp3) is 0.138. The van der Waals surface area contributed by atoms with Gasteiger partial charge in [0.15, 0.2) is 17.9 Å². The third kappa shape index (κ3) is 5.38. The molecule has 1 aliphatic heterocycles. The third-order valence-corrected chi connectivity index (χ3v) is 6.07. The number of benzene rings is 3. The minimum absolute atomic E-state index is 0.193. The summed E-state index contributed by atoms with van der Waals surface area (Å²) in [6, 6.07) is 26.0. The summed E-state index contributed by atoms with van der Waals surface area (Å²) in [4.78, 5) is 40.2. The molecule has 1 saturated heterocycles. The minimum Gasteiger partial charge on any atom is -0.459 e. The first kappa shape index (κ1) is 23.9. The van der Waals surface area contributed by atoms with Crippen LogP contribution < -0.4 is 10.6 Å². The first-order chi connectivity index (χ1) is 18.0. The second-order valence-electron chi connectivity index (χ2n) is 8.77. The van der Waals surface area contributed by atoms with Crippen molar-refractivity contribution in [2.24, 2.45) is 0 Å². The Morgan fingerprint density at radius 2 is 1.62 bits per heavy atom. The molecule has 5 rings (SSSR count). The number of rotatable bonds is 7. The van der Waals surface area contributed by atoms with Crippen molar-refractivity contribution in [3.8, 4) is 0 Å². The highest BCUT2D eigenvalue weighted by Crippen LogP contribution is 2.35. The van der Waals surface area contributed by atoms with Gasteiger partial charge in [-0.3, -0.25) is 14.5 Å². The average molecular weight is 496 g/mol. The lowest BCUT2D eigenvalue weighted by Gasteiger charge is -2.24. The number of hydrogen-bond donors (Lipinski definition) is 2. The van der Waals surface area contributed by atoms with Gasteiger partial charge in [-0.05, 0) is 54.4 Å². The van der Waals surface area contributed by atoms with E-state index in [2.05, 4.69) is 10.6 Å². The molecule has 2 unspecified atom stereocenters. The zero-order valence-corrected chi connectivity index (χ0v) is 20.1. The van der Waals surface area contributed by atoms with Crippen molar-refractivity contribution in [3.63, 3.8) is 0 Å². The molecular formula is C29H25N3O5. The minimum atomic E-state index is -0.906. The van der Waals surface area contributed by atoms with Gasteiger partial charge in [-0.2, -0.15) is 0 Å². The number of cyclic esters (lactones) is 1. The van der Waals surface area contributed by atoms with Crippen molar-refractivity contribution < 1.29 is 23.5 Å². The van der Waals surface area contributed by atoms with Gasteiger partial charge in [-0.15, -0.1) is 0 Å². The molecule has 0 saturated carbocycles. The average Bonchev–Trinajstić information content (AvgIpc) is 3.54. The van der Waals surface area contributed by atoms with E-state index in [0.717, 1.165) is 11.1 Å². The maximum atomic E-state index is 13.5. The third-order valence-electron chi connectivity index (χ3n) is 6.07. The van der Waals surface area contributed by atoms with Crippen LogP contribution in [0.2, 0.25) is 0 Å². The number of para-hydroxylation sites is 1. The van der Waals surface area contributed by atoms with Crippen LogP contribution in [-0.2, 0) is 16.1 Å². The summed E-state index contributed by atoms with van der Waals surface area (Å²) in [5, 5.41) is 5.66. The van der Waals surface area contributed by atoms with E-state index in [1.807, 2.05) is 49.4 Å². The van der Waals surface area contributed by atoms with Crippen molar-refractivity contribution in [1.82, 2.24) is 4.90 Å². The smallest absolute Gasteiger partial charge is 0.411 e. The molecule has 2 N–H and O–H groups in total. The Morgan fingerprint density at radius 1 is 0.865 bits per heavy atom. The molecule has 186 valence electrons. The van der Waals surface area contributed by atoms with Crippen LogP contribution in [0.15, 0.2) is 102 Å². The van der Waals surface area contributed by atoms with Crippen LogP contribution in [0.1, 0.15) is 33.3 Å². The van der Waals surface area contributed by atoms with Gasteiger partial charge in [-0.25, -0.2) is 4.79 Å². The van der Waals surface area contributed by atoms with E-state index < -0.39 is 18.2 Å². The topological polar surface area (TPSA) is 101 Å². The number of nitrogens with zero attached hydrogens (tertiary/aromatic N) is 1. The summed E-state index contributed by atoms with van der Waals surface area (Å²) in [5.74, 6) is -0.544. The lowest BCUT2D eigenvalue weighted by atomic mass is 10.00. The van der Waals surface area contributed by atoms with Crippen molar-refractivity contribution >= 4 is 29.3 Å². The van der Waals surface area contributed by atoms with Crippen LogP contribution >= 0.6 is 0 Å². The van der Waals surface area contributed by atoms with Gasteiger partial charge in [0.2, 0.25) is 0 Å². The SMILES string of the molecule is Cc1cccc(CN2C(=O)OC(c3ccc(NC(=O)c4ccco4)cc3)C2C(=O)Nc2ccccc2)c1. The van der Waals surface area contributed by atoms with Crippen molar-refractivity contribution in [2.75, 3.05) is 10.6 Å². The van der Waals surface area contributed by atoms with Gasteiger partial charge >= 0.3 is 6.09 Å². The Hall–Kier alpha value is -4.85. The Labute approximate surface area is 213 Å². The maximum absolute atomic E-state index is 13.5. The van der Waals surface area contributed by atoms with Crippen LogP contribution in [-0.4, -0.2) is 28.8 Å². The van der Waals surface area contributed by atoms with Gasteiger partial charge in [0.25, 0.3) is 11.8 Å². The van der Waals surface area contributed by atoms with Gasteiger partial charge < -0.3 is 19.8 Å². The molecule has 1 aliphatic rings. The van der Waals surface area contributed by atoms with E-state index in [-0.39, 0.29) is 24.1 Å². The summed E-state index contributed by atoms with van der Waals surface area (Å²) in [7, 11) is 0. The lowest BCUT2D eigenvalue weighted by molar-refractivity contribution is -0.121. The Balaban J connectivity index is 1.40. The first-order valence-electron chi connectivity index (χ1n) is 11.8. The Kier molecular flexibility index (Phi) is 6.72. The number of carbonyl (C=O) groups is 3. The predicted octanol–water partition coefficient (Wildman–Crippen LogP) is 5.54. The highest BCUT2D eigenvalue weighted by Gasteiger charge is 2.47. The van der Waals surface area contributed by atoms with Crippen LogP contribution in [0.4, 0.5) is 16.2 Å². The number of ether oxygens (including phenoxy) is 1. The van der Waals surface area contributed by atoms with E-state index in [0.29, 0.717) is 16.9 Å². The van der Waals surface area contributed by atoms with Crippen molar-refractivity contribution in [2.45, 2.75) is 25.6 Å². The molecule has 0 spiro atoms. The van der Waals surface area contributed by atoms with E-state index >= 15 is 0 Å². The van der Waals surface area contributed by atoms with Crippen LogP contribution in [0.3, 0.4) is 0 Å². The summed E-state index contributed by atoms with van der Waals surface area (Å²) >= 11 is 0. The Morgan fingerprint density at radius 3 is 2.32 bits per heavy atom. The van der Waals surface area contributed by atoms with Crippen molar-refractivity contribution in [3.05, 3.63) is 120 Å². The molecule has 2 atom stereocenters. The van der Waals surface area contributed by atoms with Gasteiger partial charge in [0.1, 0.15) is 0 Å². The molecule has 1 fully saturated rings. The van der Waals surface area contributed by atoms with E-state index in [1.54, 1.807) is 48.5 Å². The molecule has 8 heteroatoms. The molecule has 0 radical (unpaired) electrons. The molecule has 0 aliphatic carbocycles. The normalized spacial score (nSPS) is 16.8. The molecular weight excluding hydrogens is 470 g/mol. The van der Waals surface area contributed by atoms with Crippen LogP contribution in [0, 0.1) is 6.92 Å². The fourth-order valence-electron chi connectivity index (χ4n) is 4.31. The predicted molar refractivity (Wildman–Crippen MR) is 138 cm³/mol. The number of hydrogen-bond acceptors (Lipinski definition) is 5. The molecule has 37 heavy (non-hydrogen) atoms. The van der Waals surface area contributed by atoms with Crippen LogP contribution in [0.5, 0.6) is 0 Å². The maximum Gasteiger partial charge on any atom is 0.411 e. The molecule has 3 amide bonds. The van der Waals surface area contributed by atoms with Gasteiger partial charge in [-0.1, -0.05) is 60.2 Å². The molecule has 2 heterocycles. The summed E-state index contributed by atoms with van der Waals surface area (Å²) in [6.07, 6.45) is 0.0149. The number of aryl methyl sites for hydroxylation is 1. The number of amides is 3. The largest absolute Gasteiger partial charge is 0.459 e. The molecule has 1 aromatic heterocycles. The zero-order valence-electron chi connectivity index (χ0n) is 20.1. The van der Waals surface area contributed by atoms with Gasteiger partial charge in [0, 0.05) is 11.4 Å². The highest BCUT2D eigenvalue weighted by atomic mass is 16.6. The van der Waals surface area contributed by atoms with Crippen molar-refractivity contribution in [1.29, 1.82) is 0 Å². The number of furan rings is 1. The molecule has 0 bridgehead atoms. The first-order valence-corrected chi connectivity index (χ1v) is 11.8. The van der Waals surface area contributed by atoms with E-state index in [4.69, 9.17) is 9.15 Å². The second kappa shape index (κ2) is 10.4. The summed E-state index contributed by atoms with van der Waals surface area (Å²) < 4.78 is 10.9. The monoisotopic (exact) mass is 495 g/mol. The number of anilines is 2. The zero-order chi connectivity index (χ0) is 25.8. The second-order valence-corrected chi connectivity index (χ2v) is 8.77. The van der Waals surface area contributed by atoms with E-state index in [1.165, 1.54) is 11.2 Å². The summed E-state index contributed by atoms with van der Waals surface area (Å²) in [6.45, 7) is 2.20. The highest BCUT2D eigenvalue weighted by molar-refractivity contribution is 6.02. The number of nitrogens with one attached hydrogen (secondary N) is 2. The molecule has 4 aromatic rings. The fourth-order valence-corrected chi connectivity index (χ4v) is 4.31. The lowest BCUT2D eigenvalue weighted by Crippen LogP contribution is -2.43. The van der Waals surface area contributed by atoms with Gasteiger partial charge in [0.05, 0.1) is 12.8 Å². The quantitative estimate of drug-likeness (QED) is 0.351. The summed E-state index contributed by atoms with van der Waals surface area (Å²) in [5.41, 5.74) is 3.74. The molecule has 8 nitrogen and oxygen atoms in total.